The molecule has 1 aliphatic rings. The zero-order valence-corrected chi connectivity index (χ0v) is 15.7. The van der Waals surface area contributed by atoms with Crippen LogP contribution in [0.5, 0.6) is 0 Å². The number of rotatable bonds is 4. The Morgan fingerprint density at radius 3 is 2.44 bits per heavy atom. The van der Waals surface area contributed by atoms with Crippen molar-refractivity contribution >= 4 is 27.3 Å². The number of nitriles is 1. The Labute approximate surface area is 158 Å². The van der Waals surface area contributed by atoms with Crippen molar-refractivity contribution in [2.75, 3.05) is 35.8 Å². The van der Waals surface area contributed by atoms with Crippen LogP contribution in [0.2, 0.25) is 0 Å². The highest BCUT2D eigenvalue weighted by Crippen LogP contribution is 2.24. The highest BCUT2D eigenvalue weighted by molar-refractivity contribution is 7.92. The molecule has 1 N–H and O–H groups in total. The van der Waals surface area contributed by atoms with Crippen LogP contribution in [-0.2, 0) is 14.8 Å². The normalized spacial score (nSPS) is 14.5. The second-order valence-corrected chi connectivity index (χ2v) is 7.91. The summed E-state index contributed by atoms with van der Waals surface area (Å²) in [6.07, 6.45) is 0. The number of carbonyl (C=O) groups is 1. The SMILES string of the molecule is CC(=O)N1CCN(c2cccc(NS(=O)(=O)c3ccccc3C#N)c2)CC1. The van der Waals surface area contributed by atoms with E-state index in [-0.39, 0.29) is 16.4 Å². The predicted octanol–water partition coefficient (Wildman–Crippen LogP) is 2.03. The van der Waals surface area contributed by atoms with Crippen molar-refractivity contribution in [1.29, 1.82) is 5.26 Å². The molecule has 3 rings (SSSR count). The maximum absolute atomic E-state index is 12.7. The summed E-state index contributed by atoms with van der Waals surface area (Å²) in [6, 6.07) is 15.1. The molecule has 0 radical (unpaired) electrons. The molecule has 7 nitrogen and oxygen atoms in total. The van der Waals surface area contributed by atoms with Crippen molar-refractivity contribution in [2.24, 2.45) is 0 Å². The first-order chi connectivity index (χ1) is 12.9. The van der Waals surface area contributed by atoms with Crippen molar-refractivity contribution in [3.63, 3.8) is 0 Å². The maximum Gasteiger partial charge on any atom is 0.263 e. The smallest absolute Gasteiger partial charge is 0.263 e. The van der Waals surface area contributed by atoms with Gasteiger partial charge in [0.2, 0.25) is 5.91 Å². The van der Waals surface area contributed by atoms with E-state index < -0.39 is 10.0 Å². The summed E-state index contributed by atoms with van der Waals surface area (Å²) in [5, 5.41) is 9.15. The van der Waals surface area contributed by atoms with E-state index in [1.807, 2.05) is 12.1 Å². The maximum atomic E-state index is 12.7. The van der Waals surface area contributed by atoms with Crippen molar-refractivity contribution in [2.45, 2.75) is 11.8 Å². The molecular weight excluding hydrogens is 364 g/mol. The van der Waals surface area contributed by atoms with E-state index in [2.05, 4.69) is 9.62 Å². The first-order valence-electron chi connectivity index (χ1n) is 8.53. The molecule has 0 atom stereocenters. The molecule has 2 aromatic carbocycles. The number of nitrogens with one attached hydrogen (secondary N) is 1. The molecule has 0 unspecified atom stereocenters. The van der Waals surface area contributed by atoms with E-state index in [1.54, 1.807) is 42.2 Å². The lowest BCUT2D eigenvalue weighted by molar-refractivity contribution is -0.129. The molecule has 140 valence electrons. The first kappa shape index (κ1) is 18.7. The highest BCUT2D eigenvalue weighted by atomic mass is 32.2. The quantitative estimate of drug-likeness (QED) is 0.871. The largest absolute Gasteiger partial charge is 0.368 e. The summed E-state index contributed by atoms with van der Waals surface area (Å²) in [5.74, 6) is 0.0623. The summed E-state index contributed by atoms with van der Waals surface area (Å²) in [7, 11) is -3.87. The third-order valence-corrected chi connectivity index (χ3v) is 5.92. The van der Waals surface area contributed by atoms with Crippen LogP contribution in [0.1, 0.15) is 12.5 Å². The lowest BCUT2D eigenvalue weighted by Gasteiger charge is -2.35. The van der Waals surface area contributed by atoms with Gasteiger partial charge in [-0.3, -0.25) is 9.52 Å². The molecule has 1 heterocycles. The van der Waals surface area contributed by atoms with Gasteiger partial charge in [-0.2, -0.15) is 5.26 Å². The number of anilines is 2. The zero-order chi connectivity index (χ0) is 19.4. The Balaban J connectivity index is 1.78. The predicted molar refractivity (Wildman–Crippen MR) is 103 cm³/mol. The van der Waals surface area contributed by atoms with Gasteiger partial charge in [0.15, 0.2) is 0 Å². The number of hydrogen-bond donors (Lipinski definition) is 1. The standard InChI is InChI=1S/C19H20N4O3S/c1-15(24)22-9-11-23(12-10-22)18-7-4-6-17(13-18)21-27(25,26)19-8-3-2-5-16(19)14-20/h2-8,13,21H,9-12H2,1H3. The van der Waals surface area contributed by atoms with Gasteiger partial charge in [0, 0.05) is 38.8 Å². The average molecular weight is 384 g/mol. The number of sulfonamides is 1. The molecule has 0 saturated carbocycles. The lowest BCUT2D eigenvalue weighted by Crippen LogP contribution is -2.48. The van der Waals surface area contributed by atoms with Crippen LogP contribution in [0.25, 0.3) is 0 Å². The van der Waals surface area contributed by atoms with Crippen LogP contribution in [0.3, 0.4) is 0 Å². The van der Waals surface area contributed by atoms with Gasteiger partial charge in [0.1, 0.15) is 11.0 Å². The average Bonchev–Trinajstić information content (AvgIpc) is 2.68. The van der Waals surface area contributed by atoms with E-state index in [4.69, 9.17) is 5.26 Å². The molecule has 2 aromatic rings. The summed E-state index contributed by atoms with van der Waals surface area (Å²) in [4.78, 5) is 15.3. The van der Waals surface area contributed by atoms with E-state index in [9.17, 15) is 13.2 Å². The Kier molecular flexibility index (Phi) is 5.33. The number of amides is 1. The lowest BCUT2D eigenvalue weighted by atomic mass is 10.2. The number of nitrogens with zero attached hydrogens (tertiary/aromatic N) is 3. The minimum atomic E-state index is -3.87. The molecule has 1 amide bonds. The monoisotopic (exact) mass is 384 g/mol. The Morgan fingerprint density at radius 1 is 1.07 bits per heavy atom. The van der Waals surface area contributed by atoms with Crippen molar-refractivity contribution in [3.8, 4) is 6.07 Å². The Hall–Kier alpha value is -3.05. The molecule has 8 heteroatoms. The van der Waals surface area contributed by atoms with E-state index in [1.165, 1.54) is 12.1 Å². The molecule has 1 aliphatic heterocycles. The molecule has 27 heavy (non-hydrogen) atoms. The highest BCUT2D eigenvalue weighted by Gasteiger charge is 2.21. The van der Waals surface area contributed by atoms with Gasteiger partial charge in [-0.15, -0.1) is 0 Å². The molecule has 0 bridgehead atoms. The van der Waals surface area contributed by atoms with Gasteiger partial charge >= 0.3 is 0 Å². The number of benzene rings is 2. The zero-order valence-electron chi connectivity index (χ0n) is 14.9. The molecular formula is C19H20N4O3S. The van der Waals surface area contributed by atoms with Gasteiger partial charge in [0.05, 0.1) is 11.3 Å². The van der Waals surface area contributed by atoms with Gasteiger partial charge in [-0.1, -0.05) is 18.2 Å². The van der Waals surface area contributed by atoms with Crippen molar-refractivity contribution in [3.05, 3.63) is 54.1 Å². The van der Waals surface area contributed by atoms with Crippen LogP contribution in [0.4, 0.5) is 11.4 Å². The Bertz CT molecular complexity index is 990. The molecule has 0 aromatic heterocycles. The fourth-order valence-electron chi connectivity index (χ4n) is 3.05. The van der Waals surface area contributed by atoms with E-state index in [0.717, 1.165) is 5.69 Å². The molecule has 1 fully saturated rings. The summed E-state index contributed by atoms with van der Waals surface area (Å²) >= 11 is 0. The van der Waals surface area contributed by atoms with E-state index >= 15 is 0 Å². The minimum absolute atomic E-state index is 0.0482. The van der Waals surface area contributed by atoms with Crippen molar-refractivity contribution in [1.82, 2.24) is 4.90 Å². The van der Waals surface area contributed by atoms with Crippen LogP contribution in [0.15, 0.2) is 53.4 Å². The minimum Gasteiger partial charge on any atom is -0.368 e. The first-order valence-corrected chi connectivity index (χ1v) is 10.0. The van der Waals surface area contributed by atoms with Gasteiger partial charge in [-0.05, 0) is 30.3 Å². The van der Waals surface area contributed by atoms with Crippen molar-refractivity contribution < 1.29 is 13.2 Å². The van der Waals surface area contributed by atoms with Gasteiger partial charge in [-0.25, -0.2) is 8.42 Å². The summed E-state index contributed by atoms with van der Waals surface area (Å²) in [6.45, 7) is 4.21. The van der Waals surface area contributed by atoms with Gasteiger partial charge in [0.25, 0.3) is 10.0 Å². The molecule has 1 saturated heterocycles. The van der Waals surface area contributed by atoms with Crippen LogP contribution in [0, 0.1) is 11.3 Å². The third kappa shape index (κ3) is 4.20. The topological polar surface area (TPSA) is 93.5 Å². The molecule has 0 aliphatic carbocycles. The van der Waals surface area contributed by atoms with Crippen LogP contribution in [-0.4, -0.2) is 45.4 Å². The summed E-state index contributed by atoms with van der Waals surface area (Å²) < 4.78 is 27.9. The second-order valence-electron chi connectivity index (χ2n) is 6.26. The van der Waals surface area contributed by atoms with E-state index in [0.29, 0.717) is 31.9 Å². The fourth-order valence-corrected chi connectivity index (χ4v) is 4.26. The summed E-state index contributed by atoms with van der Waals surface area (Å²) in [5.41, 5.74) is 1.41. The fraction of sp³-hybridized carbons (Fsp3) is 0.263. The third-order valence-electron chi connectivity index (χ3n) is 4.49. The Morgan fingerprint density at radius 2 is 1.78 bits per heavy atom. The molecule has 0 spiro atoms. The second kappa shape index (κ2) is 7.68. The number of carbonyl (C=O) groups excluding carboxylic acids is 1. The number of hydrogen-bond acceptors (Lipinski definition) is 5. The van der Waals surface area contributed by atoms with Crippen LogP contribution < -0.4 is 9.62 Å². The van der Waals surface area contributed by atoms with Gasteiger partial charge < -0.3 is 9.80 Å². The van der Waals surface area contributed by atoms with Crippen LogP contribution >= 0.6 is 0 Å². The number of piperazine rings is 1.